The molecule has 0 N–H and O–H groups in total. The average Bonchev–Trinajstić information content (AvgIpc) is 3.50. The SMILES string of the molecule is COc1ccc(CN(C2CCCC2)S(=O)(=O)c2ccccc2F)cc1OCc1cccs1. The highest BCUT2D eigenvalue weighted by Crippen LogP contribution is 2.34. The summed E-state index contributed by atoms with van der Waals surface area (Å²) in [4.78, 5) is 0.793. The molecule has 0 bridgehead atoms. The Morgan fingerprint density at radius 3 is 2.53 bits per heavy atom. The molecule has 0 aliphatic heterocycles. The third-order valence-corrected chi connectivity index (χ3v) is 8.45. The van der Waals surface area contributed by atoms with E-state index >= 15 is 0 Å². The van der Waals surface area contributed by atoms with Crippen molar-refractivity contribution in [3.63, 3.8) is 0 Å². The van der Waals surface area contributed by atoms with Crippen LogP contribution in [0.25, 0.3) is 0 Å². The van der Waals surface area contributed by atoms with Crippen molar-refractivity contribution in [1.29, 1.82) is 0 Å². The molecule has 1 aliphatic carbocycles. The van der Waals surface area contributed by atoms with Gasteiger partial charge in [-0.3, -0.25) is 0 Å². The number of sulfonamides is 1. The summed E-state index contributed by atoms with van der Waals surface area (Å²) >= 11 is 1.60. The van der Waals surface area contributed by atoms with E-state index in [4.69, 9.17) is 9.47 Å². The van der Waals surface area contributed by atoms with Crippen molar-refractivity contribution >= 4 is 21.4 Å². The standard InChI is InChI=1S/C24H26FNO4S2/c1-29-22-13-12-18(15-23(22)30-17-20-9-6-14-31-20)16-26(19-7-2-3-8-19)32(27,28)24-11-5-4-10-21(24)25/h4-6,9-15,19H,2-3,7-8,16-17H2,1H3. The van der Waals surface area contributed by atoms with Crippen LogP contribution in [-0.2, 0) is 23.2 Å². The summed E-state index contributed by atoms with van der Waals surface area (Å²) in [7, 11) is -2.43. The van der Waals surface area contributed by atoms with Crippen molar-refractivity contribution in [1.82, 2.24) is 4.31 Å². The quantitative estimate of drug-likeness (QED) is 0.404. The molecule has 0 radical (unpaired) electrons. The van der Waals surface area contributed by atoms with Crippen molar-refractivity contribution in [2.24, 2.45) is 0 Å². The monoisotopic (exact) mass is 475 g/mol. The van der Waals surface area contributed by atoms with E-state index in [1.807, 2.05) is 29.6 Å². The van der Waals surface area contributed by atoms with Gasteiger partial charge in [-0.15, -0.1) is 11.3 Å². The van der Waals surface area contributed by atoms with E-state index in [0.717, 1.165) is 36.1 Å². The van der Waals surface area contributed by atoms with Crippen LogP contribution in [0.2, 0.25) is 0 Å². The number of hydrogen-bond acceptors (Lipinski definition) is 5. The molecule has 0 unspecified atom stereocenters. The van der Waals surface area contributed by atoms with Gasteiger partial charge in [0.1, 0.15) is 17.3 Å². The highest BCUT2D eigenvalue weighted by atomic mass is 32.2. The lowest BCUT2D eigenvalue weighted by atomic mass is 10.1. The summed E-state index contributed by atoms with van der Waals surface area (Å²) in [5.41, 5.74) is 0.763. The van der Waals surface area contributed by atoms with Crippen LogP contribution in [0.5, 0.6) is 11.5 Å². The number of hydrogen-bond donors (Lipinski definition) is 0. The predicted octanol–water partition coefficient (Wildman–Crippen LogP) is 5.61. The molecule has 0 spiro atoms. The average molecular weight is 476 g/mol. The van der Waals surface area contributed by atoms with Crippen molar-refractivity contribution in [2.45, 2.75) is 49.8 Å². The van der Waals surface area contributed by atoms with Crippen LogP contribution < -0.4 is 9.47 Å². The Kier molecular flexibility index (Phi) is 7.13. The number of ether oxygens (including phenoxy) is 2. The van der Waals surface area contributed by atoms with Gasteiger partial charge in [0.15, 0.2) is 11.5 Å². The molecule has 1 aliphatic rings. The van der Waals surface area contributed by atoms with E-state index < -0.39 is 15.8 Å². The zero-order valence-electron chi connectivity index (χ0n) is 17.9. The van der Waals surface area contributed by atoms with Gasteiger partial charge in [-0.1, -0.05) is 37.1 Å². The van der Waals surface area contributed by atoms with E-state index in [1.165, 1.54) is 22.5 Å². The third-order valence-electron chi connectivity index (χ3n) is 5.67. The smallest absolute Gasteiger partial charge is 0.246 e. The van der Waals surface area contributed by atoms with E-state index in [1.54, 1.807) is 30.6 Å². The highest BCUT2D eigenvalue weighted by Gasteiger charge is 2.35. The minimum absolute atomic E-state index is 0.140. The minimum Gasteiger partial charge on any atom is -0.493 e. The summed E-state index contributed by atoms with van der Waals surface area (Å²) in [5, 5.41) is 1.99. The molecule has 3 aromatic rings. The van der Waals surface area contributed by atoms with Crippen LogP contribution in [0.15, 0.2) is 64.9 Å². The van der Waals surface area contributed by atoms with Crippen molar-refractivity contribution in [3.8, 4) is 11.5 Å². The number of methoxy groups -OCH3 is 1. The first-order valence-electron chi connectivity index (χ1n) is 10.6. The number of rotatable bonds is 9. The second-order valence-electron chi connectivity index (χ2n) is 7.77. The topological polar surface area (TPSA) is 55.8 Å². The van der Waals surface area contributed by atoms with Crippen LogP contribution >= 0.6 is 11.3 Å². The molecule has 170 valence electrons. The first-order valence-corrected chi connectivity index (χ1v) is 12.9. The van der Waals surface area contributed by atoms with E-state index in [-0.39, 0.29) is 17.5 Å². The lowest BCUT2D eigenvalue weighted by Gasteiger charge is -2.28. The van der Waals surface area contributed by atoms with Gasteiger partial charge in [0, 0.05) is 17.5 Å². The van der Waals surface area contributed by atoms with Crippen LogP contribution in [0.3, 0.4) is 0 Å². The van der Waals surface area contributed by atoms with E-state index in [9.17, 15) is 12.8 Å². The van der Waals surface area contributed by atoms with Gasteiger partial charge in [0.2, 0.25) is 10.0 Å². The van der Waals surface area contributed by atoms with Crippen LogP contribution in [0.1, 0.15) is 36.1 Å². The Bertz CT molecular complexity index is 1140. The fraction of sp³-hybridized carbons (Fsp3) is 0.333. The normalized spacial score (nSPS) is 14.7. The summed E-state index contributed by atoms with van der Waals surface area (Å²) in [5.74, 6) is 0.396. The Morgan fingerprint density at radius 1 is 1.06 bits per heavy atom. The van der Waals surface area contributed by atoms with Crippen molar-refractivity contribution < 1.29 is 22.3 Å². The fourth-order valence-electron chi connectivity index (χ4n) is 4.04. The molecule has 1 fully saturated rings. The van der Waals surface area contributed by atoms with Gasteiger partial charge < -0.3 is 9.47 Å². The molecule has 1 saturated carbocycles. The Hall–Kier alpha value is -2.42. The second-order valence-corrected chi connectivity index (χ2v) is 10.7. The van der Waals surface area contributed by atoms with Gasteiger partial charge >= 0.3 is 0 Å². The van der Waals surface area contributed by atoms with E-state index in [0.29, 0.717) is 18.1 Å². The Morgan fingerprint density at radius 2 is 1.84 bits per heavy atom. The molecule has 1 heterocycles. The maximum Gasteiger partial charge on any atom is 0.246 e. The van der Waals surface area contributed by atoms with Gasteiger partial charge in [0.25, 0.3) is 0 Å². The summed E-state index contributed by atoms with van der Waals surface area (Å²) in [6.07, 6.45) is 3.47. The number of thiophene rings is 1. The molecule has 0 saturated heterocycles. The highest BCUT2D eigenvalue weighted by molar-refractivity contribution is 7.89. The Labute approximate surface area is 192 Å². The van der Waals surface area contributed by atoms with Crippen molar-refractivity contribution in [3.05, 3.63) is 76.2 Å². The maximum absolute atomic E-state index is 14.4. The van der Waals surface area contributed by atoms with Gasteiger partial charge in [-0.2, -0.15) is 4.31 Å². The fourth-order valence-corrected chi connectivity index (χ4v) is 6.39. The van der Waals surface area contributed by atoms with Crippen LogP contribution in [-0.4, -0.2) is 25.9 Å². The molecule has 0 atom stereocenters. The molecule has 2 aromatic carbocycles. The van der Waals surface area contributed by atoms with Gasteiger partial charge in [-0.05, 0) is 54.1 Å². The van der Waals surface area contributed by atoms with Gasteiger partial charge in [0.05, 0.1) is 7.11 Å². The second kappa shape index (κ2) is 10.0. The lowest BCUT2D eigenvalue weighted by molar-refractivity contribution is 0.284. The molecule has 1 aromatic heterocycles. The molecule has 32 heavy (non-hydrogen) atoms. The molecule has 0 amide bonds. The summed E-state index contributed by atoms with van der Waals surface area (Å²) in [6, 6.07) is 14.8. The minimum atomic E-state index is -4.00. The first-order chi connectivity index (χ1) is 15.5. The molecule has 8 heteroatoms. The van der Waals surface area contributed by atoms with E-state index in [2.05, 4.69) is 0 Å². The van der Waals surface area contributed by atoms with Gasteiger partial charge in [-0.25, -0.2) is 12.8 Å². The maximum atomic E-state index is 14.4. The predicted molar refractivity (Wildman–Crippen MR) is 123 cm³/mol. The molecular weight excluding hydrogens is 449 g/mol. The van der Waals surface area contributed by atoms with Crippen molar-refractivity contribution in [2.75, 3.05) is 7.11 Å². The number of nitrogens with zero attached hydrogens (tertiary/aromatic N) is 1. The van der Waals surface area contributed by atoms with Crippen LogP contribution in [0, 0.1) is 5.82 Å². The number of benzene rings is 2. The first kappa shape index (κ1) is 22.8. The molecule has 5 nitrogen and oxygen atoms in total. The Balaban J connectivity index is 1.63. The number of halogens is 1. The zero-order chi connectivity index (χ0) is 22.6. The molecule has 4 rings (SSSR count). The summed E-state index contributed by atoms with van der Waals surface area (Å²) < 4.78 is 54.2. The zero-order valence-corrected chi connectivity index (χ0v) is 19.5. The third kappa shape index (κ3) is 4.98. The van der Waals surface area contributed by atoms with Crippen LogP contribution in [0.4, 0.5) is 4.39 Å². The lowest BCUT2D eigenvalue weighted by Crippen LogP contribution is -2.38. The summed E-state index contributed by atoms with van der Waals surface area (Å²) in [6.45, 7) is 0.540. The molecular formula is C24H26FNO4S2. The largest absolute Gasteiger partial charge is 0.493 e.